The van der Waals surface area contributed by atoms with E-state index in [9.17, 15) is 45.3 Å². The van der Waals surface area contributed by atoms with Gasteiger partial charge in [0.2, 0.25) is 6.29 Å². The van der Waals surface area contributed by atoms with Gasteiger partial charge in [-0.1, -0.05) is 12.1 Å². The van der Waals surface area contributed by atoms with Gasteiger partial charge in [0.25, 0.3) is 0 Å². The Kier molecular flexibility index (Phi) is 16.5. The van der Waals surface area contributed by atoms with E-state index in [4.69, 9.17) is 56.8 Å². The van der Waals surface area contributed by atoms with Gasteiger partial charge in [0.1, 0.15) is 41.7 Å². The first-order valence-corrected chi connectivity index (χ1v) is 26.7. The molecule has 7 aliphatic rings. The van der Waals surface area contributed by atoms with Crippen LogP contribution in [-0.2, 0) is 52.1 Å². The van der Waals surface area contributed by atoms with E-state index in [1.807, 2.05) is 6.92 Å². The molecule has 21 heteroatoms. The number of rotatable bonds is 12. The molecule has 6 fully saturated rings. The lowest BCUT2D eigenvalue weighted by molar-refractivity contribution is -0.340. The number of aromatic hydroxyl groups is 2. The van der Waals surface area contributed by atoms with Crippen molar-refractivity contribution in [3.63, 3.8) is 0 Å². The number of aliphatic hydroxyl groups is 5. The average molecular weight is 1070 g/mol. The van der Waals surface area contributed by atoms with Crippen molar-refractivity contribution in [1.82, 2.24) is 0 Å². The number of carbonyl (C=O) groups is 2. The molecule has 10 rings (SSSR count). The Morgan fingerprint density at radius 2 is 0.987 bits per heavy atom. The smallest absolute Gasteiger partial charge is 0.202 e. The number of phenolic OH excluding ortho intramolecular Hbond substituents is 2. The molecular formula is C55H72O21. The molecule has 418 valence electrons. The van der Waals surface area contributed by atoms with Crippen molar-refractivity contribution in [3.8, 4) is 17.2 Å². The summed E-state index contributed by atoms with van der Waals surface area (Å²) in [5.41, 5.74) is 0.360. The minimum absolute atomic E-state index is 0.0164. The van der Waals surface area contributed by atoms with Gasteiger partial charge in [-0.3, -0.25) is 9.59 Å². The van der Waals surface area contributed by atoms with Gasteiger partial charge < -0.3 is 92.6 Å². The summed E-state index contributed by atoms with van der Waals surface area (Å²) in [4.78, 5) is 28.2. The first-order valence-electron chi connectivity index (χ1n) is 26.7. The zero-order chi connectivity index (χ0) is 54.0. The van der Waals surface area contributed by atoms with Crippen LogP contribution in [0, 0.1) is 6.92 Å². The SMILES string of the molecule is Cc1cc(O)c2c3c(ccc2c1)C(=O)c1c(O[C@H]2C[C@@H](O)[C@H](O[C@H]4C[C@@H](O[C@H]5CC[C@H](O[C@H]6C[C@@H](O)[C@H](O[C@H]7C[C@@H](O[C@H]8CC[C@H](O)[C@H](C)O8)[C@H](O)[C@@H](C)O7)[C@@H](C)O6)[C@H](C)O5)[C@H](O)[C@@H](C)O4)[C@@H](C)O2)ccc(O)c1C3=O. The van der Waals surface area contributed by atoms with E-state index in [0.717, 1.165) is 5.56 Å². The number of ether oxygens (including phenoxy) is 12. The lowest BCUT2D eigenvalue weighted by atomic mass is 9.80. The van der Waals surface area contributed by atoms with Crippen LogP contribution in [0.25, 0.3) is 10.8 Å². The molecule has 21 nitrogen and oxygen atoms in total. The Morgan fingerprint density at radius 3 is 1.58 bits per heavy atom. The molecule has 6 saturated heterocycles. The molecule has 0 bridgehead atoms. The van der Waals surface area contributed by atoms with Crippen molar-refractivity contribution in [2.24, 2.45) is 0 Å². The summed E-state index contributed by atoms with van der Waals surface area (Å²) in [6.45, 7) is 12.3. The maximum atomic E-state index is 14.1. The number of fused-ring (bicyclic) bond motifs is 4. The molecule has 0 saturated carbocycles. The third kappa shape index (κ3) is 11.3. The summed E-state index contributed by atoms with van der Waals surface area (Å²) in [5, 5.41) is 77.5. The van der Waals surface area contributed by atoms with Crippen LogP contribution in [0.5, 0.6) is 17.2 Å². The monoisotopic (exact) mass is 1070 g/mol. The molecule has 0 amide bonds. The van der Waals surface area contributed by atoms with E-state index < -0.39 is 153 Å². The molecule has 3 aromatic rings. The number of hydrogen-bond acceptors (Lipinski definition) is 21. The fourth-order valence-electron chi connectivity index (χ4n) is 11.8. The van der Waals surface area contributed by atoms with Gasteiger partial charge in [0, 0.05) is 55.0 Å². The number of phenols is 2. The number of benzene rings is 3. The molecule has 22 atom stereocenters. The van der Waals surface area contributed by atoms with Crippen molar-refractivity contribution in [1.29, 1.82) is 0 Å². The van der Waals surface area contributed by atoms with Crippen molar-refractivity contribution in [2.45, 2.75) is 235 Å². The topological polar surface area (TPSA) is 287 Å². The molecule has 7 N–H and O–H groups in total. The van der Waals surface area contributed by atoms with Crippen LogP contribution >= 0.6 is 0 Å². The average Bonchev–Trinajstić information content (AvgIpc) is 3.47. The third-order valence-corrected chi connectivity index (χ3v) is 15.9. The first-order chi connectivity index (χ1) is 36.2. The molecular weight excluding hydrogens is 997 g/mol. The van der Waals surface area contributed by atoms with Gasteiger partial charge in [0.15, 0.2) is 43.0 Å². The largest absolute Gasteiger partial charge is 0.507 e. The Balaban J connectivity index is 0.697. The van der Waals surface area contributed by atoms with Crippen LogP contribution in [0.3, 0.4) is 0 Å². The highest BCUT2D eigenvalue weighted by molar-refractivity contribution is 6.34. The van der Waals surface area contributed by atoms with E-state index in [0.29, 0.717) is 31.1 Å². The molecule has 0 aromatic heterocycles. The predicted molar refractivity (Wildman–Crippen MR) is 263 cm³/mol. The van der Waals surface area contributed by atoms with Crippen molar-refractivity contribution >= 4 is 22.3 Å². The quantitative estimate of drug-likeness (QED) is 0.105. The molecule has 6 aliphatic heterocycles. The van der Waals surface area contributed by atoms with Crippen LogP contribution in [0.2, 0.25) is 0 Å². The third-order valence-electron chi connectivity index (χ3n) is 15.9. The van der Waals surface area contributed by atoms with Crippen LogP contribution in [-0.4, -0.2) is 183 Å². The highest BCUT2D eigenvalue weighted by Gasteiger charge is 2.48. The highest BCUT2D eigenvalue weighted by atomic mass is 16.8. The van der Waals surface area contributed by atoms with Gasteiger partial charge in [-0.05, 0) is 96.5 Å². The molecule has 0 spiro atoms. The molecule has 0 radical (unpaired) electrons. The van der Waals surface area contributed by atoms with Gasteiger partial charge in [-0.25, -0.2) is 0 Å². The van der Waals surface area contributed by atoms with Gasteiger partial charge in [-0.2, -0.15) is 0 Å². The number of ketones is 2. The van der Waals surface area contributed by atoms with Crippen LogP contribution < -0.4 is 4.74 Å². The van der Waals surface area contributed by atoms with E-state index in [2.05, 4.69) is 0 Å². The minimum Gasteiger partial charge on any atom is -0.507 e. The van der Waals surface area contributed by atoms with Crippen molar-refractivity contribution in [3.05, 3.63) is 64.2 Å². The Labute approximate surface area is 440 Å². The number of carbonyl (C=O) groups excluding carboxylic acids is 2. The zero-order valence-electron chi connectivity index (χ0n) is 43.7. The van der Waals surface area contributed by atoms with Gasteiger partial charge in [0.05, 0.1) is 84.4 Å². The van der Waals surface area contributed by atoms with Crippen molar-refractivity contribution < 1.29 is 102 Å². The summed E-state index contributed by atoms with van der Waals surface area (Å²) >= 11 is 0. The lowest BCUT2D eigenvalue weighted by Crippen LogP contribution is -2.56. The van der Waals surface area contributed by atoms with E-state index in [1.165, 1.54) is 24.3 Å². The Hall–Kier alpha value is -3.98. The second kappa shape index (κ2) is 22.6. The molecule has 1 aliphatic carbocycles. The Morgan fingerprint density at radius 1 is 0.461 bits per heavy atom. The predicted octanol–water partition coefficient (Wildman–Crippen LogP) is 4.03. The normalized spacial score (nSPS) is 41.1. The summed E-state index contributed by atoms with van der Waals surface area (Å²) in [6.07, 6.45) is -14.4. The van der Waals surface area contributed by atoms with Crippen LogP contribution in [0.15, 0.2) is 36.4 Å². The maximum absolute atomic E-state index is 14.1. The van der Waals surface area contributed by atoms with E-state index >= 15 is 0 Å². The van der Waals surface area contributed by atoms with Gasteiger partial charge >= 0.3 is 0 Å². The summed E-state index contributed by atoms with van der Waals surface area (Å²) in [6, 6.07) is 9.07. The highest BCUT2D eigenvalue weighted by Crippen LogP contribution is 2.44. The second-order valence-corrected chi connectivity index (χ2v) is 21.6. The fourth-order valence-corrected chi connectivity index (χ4v) is 11.8. The first kappa shape index (κ1) is 55.3. The lowest BCUT2D eigenvalue weighted by Gasteiger charge is -2.45. The van der Waals surface area contributed by atoms with Gasteiger partial charge in [-0.15, -0.1) is 0 Å². The number of aliphatic hydroxyl groups excluding tert-OH is 5. The fraction of sp³-hybridized carbons (Fsp3) is 0.673. The van der Waals surface area contributed by atoms with E-state index in [-0.39, 0.29) is 64.8 Å². The summed E-state index contributed by atoms with van der Waals surface area (Å²) < 4.78 is 74.2. The standard InChI is InChI=1S/C55H72O21/c1-22-16-29-8-9-30-47(46(29)33(58)17-22)53(64)48-32(57)10-12-37(49(48)52(30)63)72-43-19-35(60)55(28(7)70-43)76-45-21-39(51(62)26(5)68-45)74-41-15-13-36(24(3)66-41)71-42-18-34(59)54(27(6)69-42)75-44-20-38(50(61)25(4)67-44)73-40-14-11-31(56)23(2)65-40/h8-10,12,16-17,23-28,31,34-36,38-45,50-51,54-62H,11,13-15,18-21H2,1-7H3/t23-,24-,25+,26+,27+,28+,31-,34+,35+,36-,38+,39+,40-,41-,42-,43-,44-,45-,50+,51+,54+,55+/m0/s1. The van der Waals surface area contributed by atoms with Crippen LogP contribution in [0.1, 0.15) is 130 Å². The summed E-state index contributed by atoms with van der Waals surface area (Å²) in [7, 11) is 0. The second-order valence-electron chi connectivity index (χ2n) is 21.6. The zero-order valence-corrected chi connectivity index (χ0v) is 43.7. The minimum atomic E-state index is -1.15. The molecule has 3 aromatic carbocycles. The number of hydrogen-bond donors (Lipinski definition) is 7. The molecule has 6 heterocycles. The van der Waals surface area contributed by atoms with Crippen LogP contribution in [0.4, 0.5) is 0 Å². The Bertz CT molecular complexity index is 2550. The number of aryl methyl sites for hydroxylation is 1. The van der Waals surface area contributed by atoms with E-state index in [1.54, 1.807) is 53.7 Å². The van der Waals surface area contributed by atoms with Crippen molar-refractivity contribution in [2.75, 3.05) is 0 Å². The molecule has 76 heavy (non-hydrogen) atoms. The summed E-state index contributed by atoms with van der Waals surface area (Å²) in [5.74, 6) is -1.88. The maximum Gasteiger partial charge on any atom is 0.202 e. The molecule has 0 unspecified atom stereocenters.